The van der Waals surface area contributed by atoms with E-state index in [4.69, 9.17) is 22.9 Å². The van der Waals surface area contributed by atoms with Crippen LogP contribution in [-0.4, -0.2) is 10.2 Å². The number of aromatic amines is 1. The first-order valence-corrected chi connectivity index (χ1v) is 7.61. The van der Waals surface area contributed by atoms with Crippen molar-refractivity contribution in [2.24, 2.45) is 0 Å². The van der Waals surface area contributed by atoms with E-state index >= 15 is 0 Å². The molecular weight excluding hydrogens is 345 g/mol. The lowest BCUT2D eigenvalue weighted by molar-refractivity contribution is 0.439. The van der Waals surface area contributed by atoms with Crippen molar-refractivity contribution in [1.82, 2.24) is 10.2 Å². The number of benzene rings is 2. The van der Waals surface area contributed by atoms with E-state index in [0.29, 0.717) is 22.7 Å². The first-order valence-electron chi connectivity index (χ1n) is 7.23. The third kappa shape index (κ3) is 3.84. The van der Waals surface area contributed by atoms with Gasteiger partial charge in [0, 0.05) is 12.5 Å². The van der Waals surface area contributed by atoms with Crippen LogP contribution in [0, 0.1) is 12.4 Å². The Kier molecular flexibility index (Phi) is 4.78. The molecule has 1 N–H and O–H groups in total. The third-order valence-corrected chi connectivity index (χ3v) is 3.72. The second-order valence-electron chi connectivity index (χ2n) is 5.15. The smallest absolute Gasteiger partial charge is 0.264 e. The van der Waals surface area contributed by atoms with E-state index in [9.17, 15) is 9.18 Å². The van der Waals surface area contributed by atoms with Crippen molar-refractivity contribution >= 4 is 17.3 Å². The molecule has 0 amide bonds. The first kappa shape index (κ1) is 16.7. The van der Waals surface area contributed by atoms with Crippen molar-refractivity contribution in [2.45, 2.75) is 6.42 Å². The highest BCUT2D eigenvalue weighted by atomic mass is 35.5. The fraction of sp³-hybridized carbons (Fsp3) is 0.0556. The molecule has 0 bridgehead atoms. The summed E-state index contributed by atoms with van der Waals surface area (Å²) in [6, 6.07) is 12.2. The van der Waals surface area contributed by atoms with E-state index in [0.717, 1.165) is 0 Å². The van der Waals surface area contributed by atoms with Gasteiger partial charge in [-0.15, -0.1) is 0 Å². The van der Waals surface area contributed by atoms with E-state index < -0.39 is 5.82 Å². The first-order chi connectivity index (χ1) is 12.1. The monoisotopic (exact) mass is 355 g/mol. The van der Waals surface area contributed by atoms with E-state index in [-0.39, 0.29) is 22.8 Å². The molecule has 0 saturated carbocycles. The molecule has 0 atom stereocenters. The summed E-state index contributed by atoms with van der Waals surface area (Å²) in [5.74, 6) is -0.332. The molecule has 0 spiro atoms. The largest absolute Gasteiger partial charge is 0.453 e. The van der Waals surface area contributed by atoms with Gasteiger partial charge in [-0.25, -0.2) is 14.3 Å². The van der Waals surface area contributed by atoms with Crippen LogP contribution in [0.5, 0.6) is 11.5 Å². The standard InChI is InChI=1S/C18H11ClFN3O2/c1-21-12-3-6-14(7-4-12)25-18-15(19)8-2-11(17(18)20)10-13-5-9-16(24)23-22-13/h2-9H,10H2,(H,23,24). The van der Waals surface area contributed by atoms with Crippen LogP contribution in [0.4, 0.5) is 10.1 Å². The van der Waals surface area contributed by atoms with Gasteiger partial charge in [-0.1, -0.05) is 29.8 Å². The number of rotatable bonds is 4. The lowest BCUT2D eigenvalue weighted by Crippen LogP contribution is -2.08. The van der Waals surface area contributed by atoms with Gasteiger partial charge < -0.3 is 4.74 Å². The number of hydrogen-bond acceptors (Lipinski definition) is 3. The van der Waals surface area contributed by atoms with Crippen LogP contribution in [0.25, 0.3) is 4.85 Å². The van der Waals surface area contributed by atoms with Crippen LogP contribution in [0.15, 0.2) is 53.3 Å². The molecule has 124 valence electrons. The average Bonchev–Trinajstić information content (AvgIpc) is 2.63. The molecule has 25 heavy (non-hydrogen) atoms. The molecule has 1 aromatic heterocycles. The highest BCUT2D eigenvalue weighted by molar-refractivity contribution is 6.32. The summed E-state index contributed by atoms with van der Waals surface area (Å²) in [6.07, 6.45) is 0.173. The highest BCUT2D eigenvalue weighted by Gasteiger charge is 2.16. The maximum atomic E-state index is 14.8. The summed E-state index contributed by atoms with van der Waals surface area (Å²) in [7, 11) is 0. The average molecular weight is 356 g/mol. The second-order valence-corrected chi connectivity index (χ2v) is 5.55. The van der Waals surface area contributed by atoms with Crippen molar-refractivity contribution in [3.05, 3.63) is 92.4 Å². The molecule has 0 aliphatic carbocycles. The van der Waals surface area contributed by atoms with E-state index in [2.05, 4.69) is 15.0 Å². The van der Waals surface area contributed by atoms with Crippen molar-refractivity contribution in [3.63, 3.8) is 0 Å². The minimum Gasteiger partial charge on any atom is -0.453 e. The van der Waals surface area contributed by atoms with Crippen LogP contribution in [0.3, 0.4) is 0 Å². The van der Waals surface area contributed by atoms with Crippen LogP contribution >= 0.6 is 11.6 Å². The van der Waals surface area contributed by atoms with Crippen molar-refractivity contribution in [1.29, 1.82) is 0 Å². The number of hydrogen-bond donors (Lipinski definition) is 1. The van der Waals surface area contributed by atoms with Gasteiger partial charge in [0.1, 0.15) is 5.75 Å². The maximum Gasteiger partial charge on any atom is 0.264 e. The van der Waals surface area contributed by atoms with Crippen LogP contribution in [-0.2, 0) is 6.42 Å². The van der Waals surface area contributed by atoms with Crippen molar-refractivity contribution in [2.75, 3.05) is 0 Å². The third-order valence-electron chi connectivity index (χ3n) is 3.42. The van der Waals surface area contributed by atoms with Gasteiger partial charge in [0.25, 0.3) is 5.56 Å². The van der Waals surface area contributed by atoms with Gasteiger partial charge in [-0.05, 0) is 29.8 Å². The van der Waals surface area contributed by atoms with E-state index in [1.165, 1.54) is 18.2 Å². The van der Waals surface area contributed by atoms with Gasteiger partial charge in [-0.3, -0.25) is 4.79 Å². The number of ether oxygens (including phenoxy) is 1. The predicted octanol–water partition coefficient (Wildman–Crippen LogP) is 4.50. The molecule has 0 radical (unpaired) electrons. The number of H-pyrrole nitrogens is 1. The molecule has 7 heteroatoms. The van der Waals surface area contributed by atoms with Gasteiger partial charge in [0.15, 0.2) is 17.3 Å². The summed E-state index contributed by atoms with van der Waals surface area (Å²) >= 11 is 6.06. The Labute approximate surface area is 147 Å². The Morgan fingerprint density at radius 2 is 1.92 bits per heavy atom. The van der Waals surface area contributed by atoms with Gasteiger partial charge in [0.2, 0.25) is 0 Å². The summed E-state index contributed by atoms with van der Waals surface area (Å²) in [4.78, 5) is 14.3. The van der Waals surface area contributed by atoms with Gasteiger partial charge in [-0.2, -0.15) is 5.10 Å². The summed E-state index contributed by atoms with van der Waals surface area (Å²) in [5, 5.41) is 6.30. The van der Waals surface area contributed by atoms with Gasteiger partial charge >= 0.3 is 0 Å². The molecule has 1 heterocycles. The molecule has 0 saturated heterocycles. The summed E-state index contributed by atoms with van der Waals surface area (Å²) < 4.78 is 20.3. The van der Waals surface area contributed by atoms with Crippen molar-refractivity contribution < 1.29 is 9.13 Å². The minimum atomic E-state index is -0.602. The predicted molar refractivity (Wildman–Crippen MR) is 91.9 cm³/mol. The number of halogens is 2. The molecule has 0 aliphatic rings. The Bertz CT molecular complexity index is 990. The zero-order valence-electron chi connectivity index (χ0n) is 12.8. The Morgan fingerprint density at radius 3 is 2.56 bits per heavy atom. The zero-order valence-corrected chi connectivity index (χ0v) is 13.5. The molecule has 3 rings (SSSR count). The van der Waals surface area contributed by atoms with Gasteiger partial charge in [0.05, 0.1) is 17.3 Å². The molecule has 5 nitrogen and oxygen atoms in total. The lowest BCUT2D eigenvalue weighted by atomic mass is 10.1. The fourth-order valence-corrected chi connectivity index (χ4v) is 2.36. The van der Waals surface area contributed by atoms with E-state index in [1.807, 2.05) is 0 Å². The fourth-order valence-electron chi connectivity index (χ4n) is 2.18. The molecule has 0 unspecified atom stereocenters. The maximum absolute atomic E-state index is 14.8. The number of nitrogens with one attached hydrogen (secondary N) is 1. The minimum absolute atomic E-state index is 0.0980. The Hall–Kier alpha value is -3.17. The molecule has 3 aromatic rings. The highest BCUT2D eigenvalue weighted by Crippen LogP contribution is 2.35. The number of nitrogens with zero attached hydrogens (tertiary/aromatic N) is 2. The molecular formula is C18H11ClFN3O2. The van der Waals surface area contributed by atoms with Crippen LogP contribution in [0.1, 0.15) is 11.3 Å². The summed E-state index contributed by atoms with van der Waals surface area (Å²) in [6.45, 7) is 6.93. The number of aromatic nitrogens is 2. The van der Waals surface area contributed by atoms with Crippen LogP contribution < -0.4 is 10.3 Å². The summed E-state index contributed by atoms with van der Waals surface area (Å²) in [5.41, 5.74) is 0.967. The normalized spacial score (nSPS) is 10.3. The molecule has 0 aliphatic heterocycles. The zero-order chi connectivity index (χ0) is 17.8. The van der Waals surface area contributed by atoms with E-state index in [1.54, 1.807) is 30.3 Å². The topological polar surface area (TPSA) is 59.3 Å². The van der Waals surface area contributed by atoms with Crippen molar-refractivity contribution in [3.8, 4) is 11.5 Å². The molecule has 0 fully saturated rings. The Balaban J connectivity index is 1.89. The SMILES string of the molecule is [C-]#[N+]c1ccc(Oc2c(Cl)ccc(Cc3ccc(=O)[nH]n3)c2F)cc1. The second kappa shape index (κ2) is 7.16. The lowest BCUT2D eigenvalue weighted by Gasteiger charge is -2.12. The quantitative estimate of drug-likeness (QED) is 0.701. The Morgan fingerprint density at radius 1 is 1.16 bits per heavy atom. The molecule has 2 aromatic carbocycles. The van der Waals surface area contributed by atoms with Crippen LogP contribution in [0.2, 0.25) is 5.02 Å².